The Hall–Kier alpha value is -3.80. The molecule has 5 nitrogen and oxygen atoms in total. The maximum Gasteiger partial charge on any atom is 0.129 e. The molecule has 4 aromatic carbocycles. The molecular weight excluding hydrogens is 470 g/mol. The SMILES string of the molecule is O[C@H](COc1cccc2[nH]c3ccccc3c12)CN1C[C@@H]2CC=CC[C@H]1CN2c1ccc2ccccc2c1. The van der Waals surface area contributed by atoms with E-state index in [1.807, 2.05) is 24.3 Å². The number of hydrogen-bond donors (Lipinski definition) is 2. The topological polar surface area (TPSA) is 51.7 Å². The molecule has 0 amide bonds. The molecule has 1 aromatic heterocycles. The van der Waals surface area contributed by atoms with Crippen LogP contribution in [0.15, 0.2) is 97.1 Å². The van der Waals surface area contributed by atoms with Gasteiger partial charge in [-0.3, -0.25) is 4.90 Å². The van der Waals surface area contributed by atoms with Gasteiger partial charge in [-0.05, 0) is 53.9 Å². The number of hydrogen-bond acceptors (Lipinski definition) is 4. The number of H-pyrrole nitrogens is 1. The number of ether oxygens (including phenoxy) is 1. The smallest absolute Gasteiger partial charge is 0.129 e. The van der Waals surface area contributed by atoms with E-state index in [1.165, 1.54) is 16.5 Å². The second-order valence-electron chi connectivity index (χ2n) is 10.7. The van der Waals surface area contributed by atoms with E-state index in [9.17, 15) is 5.11 Å². The Bertz CT molecular complexity index is 1620. The van der Waals surface area contributed by atoms with Gasteiger partial charge in [-0.25, -0.2) is 0 Å². The number of nitrogens with one attached hydrogen (secondary N) is 1. The summed E-state index contributed by atoms with van der Waals surface area (Å²) in [5.74, 6) is 0.818. The summed E-state index contributed by atoms with van der Waals surface area (Å²) in [4.78, 5) is 8.53. The number of rotatable bonds is 6. The number of aromatic amines is 1. The number of nitrogens with zero attached hydrogens (tertiary/aromatic N) is 2. The average molecular weight is 504 g/mol. The average Bonchev–Trinajstić information content (AvgIpc) is 3.32. The first kappa shape index (κ1) is 23.3. The van der Waals surface area contributed by atoms with Gasteiger partial charge in [0.25, 0.3) is 0 Å². The summed E-state index contributed by atoms with van der Waals surface area (Å²) < 4.78 is 6.24. The van der Waals surface area contributed by atoms with Crippen LogP contribution in [0.1, 0.15) is 12.8 Å². The van der Waals surface area contributed by atoms with Crippen molar-refractivity contribution in [3.63, 3.8) is 0 Å². The molecule has 38 heavy (non-hydrogen) atoms. The number of benzene rings is 4. The fourth-order valence-corrected chi connectivity index (χ4v) is 6.34. The molecule has 3 atom stereocenters. The zero-order valence-corrected chi connectivity index (χ0v) is 21.5. The molecule has 1 saturated heterocycles. The minimum absolute atomic E-state index is 0.275. The highest BCUT2D eigenvalue weighted by molar-refractivity contribution is 6.10. The van der Waals surface area contributed by atoms with Gasteiger partial charge < -0.3 is 19.7 Å². The van der Waals surface area contributed by atoms with E-state index in [-0.39, 0.29) is 6.61 Å². The van der Waals surface area contributed by atoms with Gasteiger partial charge in [0, 0.05) is 53.7 Å². The quantitative estimate of drug-likeness (QED) is 0.274. The molecule has 5 aromatic rings. The monoisotopic (exact) mass is 503 g/mol. The minimum Gasteiger partial charge on any atom is -0.490 e. The van der Waals surface area contributed by atoms with Gasteiger partial charge in [-0.15, -0.1) is 0 Å². The fourth-order valence-electron chi connectivity index (χ4n) is 6.34. The second-order valence-corrected chi connectivity index (χ2v) is 10.7. The van der Waals surface area contributed by atoms with Crippen LogP contribution < -0.4 is 9.64 Å². The lowest BCUT2D eigenvalue weighted by atomic mass is 9.96. The van der Waals surface area contributed by atoms with Crippen molar-refractivity contribution in [2.45, 2.75) is 31.0 Å². The normalized spacial score (nSPS) is 20.7. The van der Waals surface area contributed by atoms with E-state index in [4.69, 9.17) is 4.74 Å². The van der Waals surface area contributed by atoms with Gasteiger partial charge in [0.2, 0.25) is 0 Å². The van der Waals surface area contributed by atoms with E-state index in [2.05, 4.69) is 87.6 Å². The van der Waals surface area contributed by atoms with Gasteiger partial charge in [0.05, 0.1) is 5.52 Å². The predicted molar refractivity (Wildman–Crippen MR) is 156 cm³/mol. The molecule has 2 N–H and O–H groups in total. The van der Waals surface area contributed by atoms with Gasteiger partial charge in [0.1, 0.15) is 18.5 Å². The largest absolute Gasteiger partial charge is 0.490 e. The van der Waals surface area contributed by atoms with Crippen LogP contribution in [0.5, 0.6) is 5.75 Å². The van der Waals surface area contributed by atoms with Crippen LogP contribution in [0.3, 0.4) is 0 Å². The maximum atomic E-state index is 11.1. The first-order chi connectivity index (χ1) is 18.7. The Morgan fingerprint density at radius 3 is 2.53 bits per heavy atom. The van der Waals surface area contributed by atoms with Crippen LogP contribution in [-0.4, -0.2) is 59.4 Å². The summed E-state index contributed by atoms with van der Waals surface area (Å²) in [6, 6.07) is 30.5. The molecule has 4 heterocycles. The molecule has 0 spiro atoms. The fraction of sp³-hybridized carbons (Fsp3) is 0.273. The number of fused-ring (bicyclic) bond motifs is 8. The summed E-state index contributed by atoms with van der Waals surface area (Å²) in [5.41, 5.74) is 3.45. The summed E-state index contributed by atoms with van der Waals surface area (Å²) in [6.45, 7) is 2.80. The molecule has 5 heteroatoms. The van der Waals surface area contributed by atoms with Crippen molar-refractivity contribution in [2.75, 3.05) is 31.1 Å². The Kier molecular flexibility index (Phi) is 6.03. The molecule has 192 valence electrons. The van der Waals surface area contributed by atoms with Crippen molar-refractivity contribution in [1.29, 1.82) is 0 Å². The van der Waals surface area contributed by atoms with Gasteiger partial charge in [0.15, 0.2) is 0 Å². The van der Waals surface area contributed by atoms with Crippen molar-refractivity contribution in [3.8, 4) is 5.75 Å². The van der Waals surface area contributed by atoms with E-state index < -0.39 is 6.10 Å². The van der Waals surface area contributed by atoms with Crippen LogP contribution in [-0.2, 0) is 0 Å². The van der Waals surface area contributed by atoms with Crippen molar-refractivity contribution >= 4 is 38.3 Å². The first-order valence-electron chi connectivity index (χ1n) is 13.7. The van der Waals surface area contributed by atoms with Crippen molar-refractivity contribution < 1.29 is 9.84 Å². The summed E-state index contributed by atoms with van der Waals surface area (Å²) in [5, 5.41) is 15.9. The maximum absolute atomic E-state index is 11.1. The van der Waals surface area contributed by atoms with Gasteiger partial charge >= 0.3 is 0 Å². The van der Waals surface area contributed by atoms with E-state index in [0.717, 1.165) is 53.5 Å². The molecule has 2 bridgehead atoms. The Balaban J connectivity index is 1.06. The Morgan fingerprint density at radius 2 is 1.61 bits per heavy atom. The Morgan fingerprint density at radius 1 is 0.816 bits per heavy atom. The predicted octanol–water partition coefficient (Wildman–Crippen LogP) is 6.12. The highest BCUT2D eigenvalue weighted by Crippen LogP contribution is 2.34. The zero-order chi connectivity index (χ0) is 25.5. The number of piperazine rings is 1. The molecule has 1 fully saturated rings. The van der Waals surface area contributed by atoms with E-state index in [1.54, 1.807) is 0 Å². The molecule has 3 aliphatic heterocycles. The highest BCUT2D eigenvalue weighted by atomic mass is 16.5. The first-order valence-corrected chi connectivity index (χ1v) is 13.7. The molecule has 3 aliphatic rings. The Labute approximate surface area is 222 Å². The summed E-state index contributed by atoms with van der Waals surface area (Å²) in [6.07, 6.45) is 6.12. The zero-order valence-electron chi connectivity index (χ0n) is 21.5. The van der Waals surface area contributed by atoms with Crippen LogP contribution in [0.2, 0.25) is 0 Å². The number of anilines is 1. The van der Waals surface area contributed by atoms with Gasteiger partial charge in [-0.2, -0.15) is 0 Å². The third kappa shape index (κ3) is 4.32. The van der Waals surface area contributed by atoms with Crippen LogP contribution in [0, 0.1) is 0 Å². The molecule has 0 unspecified atom stereocenters. The minimum atomic E-state index is -0.561. The molecule has 8 rings (SSSR count). The van der Waals surface area contributed by atoms with Crippen molar-refractivity contribution in [1.82, 2.24) is 9.88 Å². The summed E-state index contributed by atoms with van der Waals surface area (Å²) >= 11 is 0. The lowest BCUT2D eigenvalue weighted by molar-refractivity contribution is 0.0409. The van der Waals surface area contributed by atoms with Gasteiger partial charge in [-0.1, -0.05) is 66.7 Å². The van der Waals surface area contributed by atoms with Crippen LogP contribution in [0.4, 0.5) is 5.69 Å². The number of aliphatic hydroxyl groups is 1. The van der Waals surface area contributed by atoms with E-state index >= 15 is 0 Å². The molecule has 0 radical (unpaired) electrons. The highest BCUT2D eigenvalue weighted by Gasteiger charge is 2.35. The third-order valence-corrected chi connectivity index (χ3v) is 8.23. The lowest BCUT2D eigenvalue weighted by Crippen LogP contribution is -2.60. The molecule has 0 aliphatic carbocycles. The number of aliphatic hydroxyl groups excluding tert-OH is 1. The second kappa shape index (κ2) is 9.82. The van der Waals surface area contributed by atoms with Crippen molar-refractivity contribution in [2.24, 2.45) is 0 Å². The van der Waals surface area contributed by atoms with E-state index in [0.29, 0.717) is 18.6 Å². The van der Waals surface area contributed by atoms with Crippen LogP contribution >= 0.6 is 0 Å². The lowest BCUT2D eigenvalue weighted by Gasteiger charge is -2.48. The molecule has 0 saturated carbocycles. The summed E-state index contributed by atoms with van der Waals surface area (Å²) in [7, 11) is 0. The third-order valence-electron chi connectivity index (χ3n) is 8.23. The van der Waals surface area contributed by atoms with Crippen LogP contribution in [0.25, 0.3) is 32.6 Å². The number of para-hydroxylation sites is 1. The number of aromatic nitrogens is 1. The van der Waals surface area contributed by atoms with Crippen molar-refractivity contribution in [3.05, 3.63) is 97.1 Å². The molecular formula is C33H33N3O2. The standard InChI is InChI=1S/C33H33N3O2/c37-28(22-38-32-15-7-14-31-33(32)29-12-5-6-13-30(29)34-31)21-35-19-27-11-4-3-10-26(35)20-36(27)25-17-16-23-8-1-2-9-24(23)18-25/h1-9,12-18,26-28,34,37H,10-11,19-22H2/t26-,27-,28-/m0/s1.